The molecule has 3 heterocycles. The van der Waals surface area contributed by atoms with Gasteiger partial charge in [0.25, 0.3) is 5.91 Å². The monoisotopic (exact) mass is 588 g/mol. The van der Waals surface area contributed by atoms with Crippen molar-refractivity contribution in [3.63, 3.8) is 0 Å². The number of amides is 2. The predicted molar refractivity (Wildman–Crippen MR) is 160 cm³/mol. The number of halogens is 1. The first-order valence-corrected chi connectivity index (χ1v) is 15.5. The number of carbonyl (C=O) groups excluding carboxylic acids is 3. The van der Waals surface area contributed by atoms with Gasteiger partial charge in [-0.05, 0) is 56.6 Å². The molecular formula is C31H41ClN2O5S. The van der Waals surface area contributed by atoms with Crippen molar-refractivity contribution in [3.05, 3.63) is 54.1 Å². The molecule has 218 valence electrons. The summed E-state index contributed by atoms with van der Waals surface area (Å²) in [6, 6.07) is 4.05. The van der Waals surface area contributed by atoms with Crippen molar-refractivity contribution >= 4 is 46.8 Å². The van der Waals surface area contributed by atoms with E-state index in [1.54, 1.807) is 33.7 Å². The number of esters is 1. The summed E-state index contributed by atoms with van der Waals surface area (Å²) in [6.07, 6.45) is 7.14. The topological polar surface area (TPSA) is 87.2 Å². The van der Waals surface area contributed by atoms with Crippen LogP contribution in [0, 0.1) is 24.7 Å². The lowest BCUT2D eigenvalue weighted by Gasteiger charge is -2.42. The fourth-order valence-corrected chi connectivity index (χ4v) is 9.72. The minimum atomic E-state index is -0.867. The zero-order valence-electron chi connectivity index (χ0n) is 23.7. The number of allylic oxidation sites excluding steroid dienone is 1. The minimum Gasteiger partial charge on any atom is -0.465 e. The molecule has 1 N–H and O–H groups in total. The number of likely N-dealkylation sites (tertiary alicyclic amines) is 1. The van der Waals surface area contributed by atoms with Gasteiger partial charge in [0.05, 0.1) is 46.5 Å². The molecular weight excluding hydrogens is 548 g/mol. The van der Waals surface area contributed by atoms with E-state index in [0.717, 1.165) is 24.8 Å². The minimum absolute atomic E-state index is 0.00108. The molecule has 40 heavy (non-hydrogen) atoms. The Hall–Kier alpha value is -2.29. The standard InChI is InChI=1S/C31H41ClN2O5S/c1-6-9-10-11-16-39-30(38)24-23-17-20(5)31(40-23)25(24)28(36)34(21(8-3)18-35)27(31)29(37)33(15-7-2)26-19(4)13-12-14-22(26)32/h6-7,12-14,20-21,23-25,27,35H,1-2,8-11,15-18H2,3-5H3/t20?,21-,23-,24+,25-,27?,31?/m0/s1. The summed E-state index contributed by atoms with van der Waals surface area (Å²) < 4.78 is 4.89. The number of carbonyl (C=O) groups is 3. The quantitative estimate of drug-likeness (QED) is 0.194. The molecule has 1 spiro atoms. The summed E-state index contributed by atoms with van der Waals surface area (Å²) in [5.41, 5.74) is 1.41. The molecule has 0 aliphatic carbocycles. The highest BCUT2D eigenvalue weighted by Crippen LogP contribution is 2.69. The van der Waals surface area contributed by atoms with Gasteiger partial charge >= 0.3 is 5.97 Å². The van der Waals surface area contributed by atoms with Crippen LogP contribution in [-0.2, 0) is 19.1 Å². The summed E-state index contributed by atoms with van der Waals surface area (Å²) in [6.45, 7) is 13.7. The molecule has 7 atom stereocenters. The second-order valence-electron chi connectivity index (χ2n) is 11.1. The number of aliphatic hydroxyl groups is 1. The smallest absolute Gasteiger partial charge is 0.310 e. The highest BCUT2D eigenvalue weighted by Gasteiger charge is 2.77. The number of aliphatic hydroxyl groups excluding tert-OH is 1. The summed E-state index contributed by atoms with van der Waals surface area (Å²) in [7, 11) is 0. The Kier molecular flexibility index (Phi) is 9.74. The van der Waals surface area contributed by atoms with E-state index in [4.69, 9.17) is 16.3 Å². The lowest BCUT2D eigenvalue weighted by Crippen LogP contribution is -2.59. The van der Waals surface area contributed by atoms with Gasteiger partial charge in [-0.25, -0.2) is 0 Å². The van der Waals surface area contributed by atoms with E-state index in [1.165, 1.54) is 0 Å². The van der Waals surface area contributed by atoms with Crippen molar-refractivity contribution in [2.45, 2.75) is 75.0 Å². The van der Waals surface area contributed by atoms with E-state index in [1.807, 2.05) is 32.1 Å². The predicted octanol–water partition coefficient (Wildman–Crippen LogP) is 5.18. The van der Waals surface area contributed by atoms with Crippen LogP contribution in [0.2, 0.25) is 5.02 Å². The molecule has 2 bridgehead atoms. The van der Waals surface area contributed by atoms with Crippen molar-refractivity contribution < 1.29 is 24.2 Å². The highest BCUT2D eigenvalue weighted by molar-refractivity contribution is 8.02. The van der Waals surface area contributed by atoms with Crippen molar-refractivity contribution in [1.29, 1.82) is 0 Å². The van der Waals surface area contributed by atoms with Gasteiger partial charge in [-0.1, -0.05) is 49.7 Å². The first-order valence-electron chi connectivity index (χ1n) is 14.2. The van der Waals surface area contributed by atoms with Crippen molar-refractivity contribution in [2.75, 3.05) is 24.7 Å². The van der Waals surface area contributed by atoms with E-state index in [-0.39, 0.29) is 42.1 Å². The lowest BCUT2D eigenvalue weighted by atomic mass is 9.66. The van der Waals surface area contributed by atoms with Gasteiger partial charge in [0, 0.05) is 11.8 Å². The normalized spacial score (nSPS) is 29.3. The fraction of sp³-hybridized carbons (Fsp3) is 0.581. The highest BCUT2D eigenvalue weighted by atomic mass is 35.5. The summed E-state index contributed by atoms with van der Waals surface area (Å²) in [5.74, 6) is -2.19. The Labute approximate surface area is 246 Å². The fourth-order valence-electron chi connectivity index (χ4n) is 7.01. The first kappa shape index (κ1) is 30.7. The van der Waals surface area contributed by atoms with E-state index in [2.05, 4.69) is 20.1 Å². The molecule has 3 unspecified atom stereocenters. The number of hydrogen-bond acceptors (Lipinski definition) is 6. The van der Waals surface area contributed by atoms with Crippen molar-refractivity contribution in [2.24, 2.45) is 17.8 Å². The number of para-hydroxylation sites is 1. The van der Waals surface area contributed by atoms with E-state index >= 15 is 0 Å². The summed E-state index contributed by atoms with van der Waals surface area (Å²) in [4.78, 5) is 45.8. The molecule has 2 amide bonds. The second-order valence-corrected chi connectivity index (χ2v) is 13.1. The average Bonchev–Trinajstić information content (AvgIpc) is 3.52. The number of ether oxygens (including phenoxy) is 1. The number of benzene rings is 1. The average molecular weight is 589 g/mol. The molecule has 0 aromatic heterocycles. The Morgan fingerprint density at radius 1 is 1.32 bits per heavy atom. The van der Waals surface area contributed by atoms with Crippen LogP contribution in [0.3, 0.4) is 0 Å². The third kappa shape index (κ3) is 5.01. The maximum Gasteiger partial charge on any atom is 0.310 e. The van der Waals surface area contributed by atoms with Crippen LogP contribution in [0.1, 0.15) is 51.5 Å². The molecule has 1 aromatic carbocycles. The van der Waals surface area contributed by atoms with Crippen LogP contribution in [0.5, 0.6) is 0 Å². The first-order chi connectivity index (χ1) is 19.2. The molecule has 3 saturated heterocycles. The molecule has 3 aliphatic heterocycles. The van der Waals surface area contributed by atoms with Crippen LogP contribution in [0.15, 0.2) is 43.5 Å². The van der Waals surface area contributed by atoms with Gasteiger partial charge in [-0.15, -0.1) is 24.9 Å². The number of aryl methyl sites for hydroxylation is 1. The number of fused-ring (bicyclic) bond motifs is 1. The van der Waals surface area contributed by atoms with Gasteiger partial charge in [0.2, 0.25) is 5.91 Å². The molecule has 7 nitrogen and oxygen atoms in total. The largest absolute Gasteiger partial charge is 0.465 e. The Morgan fingerprint density at radius 3 is 2.70 bits per heavy atom. The van der Waals surface area contributed by atoms with Gasteiger partial charge < -0.3 is 19.6 Å². The van der Waals surface area contributed by atoms with Crippen molar-refractivity contribution in [1.82, 2.24) is 4.90 Å². The van der Waals surface area contributed by atoms with Gasteiger partial charge in [-0.3, -0.25) is 14.4 Å². The maximum absolute atomic E-state index is 14.8. The van der Waals surface area contributed by atoms with Crippen LogP contribution in [0.4, 0.5) is 5.69 Å². The number of rotatable bonds is 13. The molecule has 9 heteroatoms. The zero-order chi connectivity index (χ0) is 29.2. The zero-order valence-corrected chi connectivity index (χ0v) is 25.3. The number of thioether (sulfide) groups is 1. The third-order valence-corrected chi connectivity index (χ3v) is 11.2. The van der Waals surface area contributed by atoms with Crippen LogP contribution in [-0.4, -0.2) is 69.6 Å². The molecule has 3 aliphatic rings. The Bertz CT molecular complexity index is 1140. The maximum atomic E-state index is 14.8. The number of unbranched alkanes of at least 4 members (excludes halogenated alkanes) is 2. The summed E-state index contributed by atoms with van der Waals surface area (Å²) in [5, 5.41) is 10.7. The van der Waals surface area contributed by atoms with E-state index < -0.39 is 28.7 Å². The third-order valence-electron chi connectivity index (χ3n) is 8.85. The molecule has 0 saturated carbocycles. The van der Waals surface area contributed by atoms with Crippen LogP contribution >= 0.6 is 23.4 Å². The molecule has 3 fully saturated rings. The number of hydrogen-bond donors (Lipinski definition) is 1. The Morgan fingerprint density at radius 2 is 2.08 bits per heavy atom. The number of nitrogens with zero attached hydrogens (tertiary/aromatic N) is 2. The molecule has 1 aromatic rings. The second kappa shape index (κ2) is 12.7. The van der Waals surface area contributed by atoms with E-state index in [0.29, 0.717) is 30.2 Å². The lowest BCUT2D eigenvalue weighted by molar-refractivity contribution is -0.155. The molecule has 4 rings (SSSR count). The van der Waals surface area contributed by atoms with E-state index in [9.17, 15) is 19.5 Å². The van der Waals surface area contributed by atoms with Gasteiger partial charge in [0.1, 0.15) is 6.04 Å². The van der Waals surface area contributed by atoms with Crippen LogP contribution < -0.4 is 4.90 Å². The van der Waals surface area contributed by atoms with Crippen molar-refractivity contribution in [3.8, 4) is 0 Å². The molecule has 0 radical (unpaired) electrons. The van der Waals surface area contributed by atoms with Gasteiger partial charge in [0.15, 0.2) is 0 Å². The van der Waals surface area contributed by atoms with Crippen LogP contribution in [0.25, 0.3) is 0 Å². The number of anilines is 1. The summed E-state index contributed by atoms with van der Waals surface area (Å²) >= 11 is 8.23. The van der Waals surface area contributed by atoms with Gasteiger partial charge in [-0.2, -0.15) is 0 Å². The SMILES string of the molecule is C=CCCCCOC(=O)[C@@H]1[C@@H]2CC(C)C3(S2)C(C(=O)N(CC=C)c2c(C)cccc2Cl)N([C@@H](CC)CO)C(=O)[C@H]13. The Balaban J connectivity index is 1.77.